The lowest BCUT2D eigenvalue weighted by atomic mass is 10.0. The SMILES string of the molecule is Cn1c(SC(c2ccccc2)c2ccccc2)nc(=O)c(=O)n1OC(=O)OCc1ccccc1. The van der Waals surface area contributed by atoms with Crippen LogP contribution in [0.5, 0.6) is 0 Å². The maximum Gasteiger partial charge on any atom is 0.535 e. The molecule has 0 unspecified atom stereocenters. The monoisotopic (exact) mass is 475 g/mol. The molecule has 9 heteroatoms. The zero-order valence-corrected chi connectivity index (χ0v) is 19.1. The molecule has 0 atom stereocenters. The Morgan fingerprint density at radius 3 is 1.97 bits per heavy atom. The van der Waals surface area contributed by atoms with Crippen molar-refractivity contribution in [2.45, 2.75) is 17.0 Å². The summed E-state index contributed by atoms with van der Waals surface area (Å²) in [5, 5.41) is -0.0327. The van der Waals surface area contributed by atoms with Gasteiger partial charge < -0.3 is 4.74 Å². The Morgan fingerprint density at radius 1 is 0.882 bits per heavy atom. The number of benzene rings is 3. The summed E-state index contributed by atoms with van der Waals surface area (Å²) in [7, 11) is 1.48. The van der Waals surface area contributed by atoms with Crippen molar-refractivity contribution in [1.82, 2.24) is 14.5 Å². The first-order chi connectivity index (χ1) is 16.5. The molecule has 0 radical (unpaired) electrons. The van der Waals surface area contributed by atoms with E-state index in [1.807, 2.05) is 66.7 Å². The molecule has 0 aliphatic heterocycles. The van der Waals surface area contributed by atoms with Gasteiger partial charge in [0.05, 0.1) is 5.25 Å². The lowest BCUT2D eigenvalue weighted by Crippen LogP contribution is -2.46. The van der Waals surface area contributed by atoms with E-state index in [4.69, 9.17) is 9.57 Å². The van der Waals surface area contributed by atoms with Gasteiger partial charge in [-0.05, 0) is 16.7 Å². The van der Waals surface area contributed by atoms with Gasteiger partial charge in [0.25, 0.3) is 0 Å². The zero-order chi connectivity index (χ0) is 23.9. The number of aromatic nitrogens is 3. The third-order valence-electron chi connectivity index (χ3n) is 4.89. The van der Waals surface area contributed by atoms with Crippen molar-refractivity contribution < 1.29 is 14.4 Å². The fraction of sp³-hybridized carbons (Fsp3) is 0.120. The smallest absolute Gasteiger partial charge is 0.428 e. The third-order valence-corrected chi connectivity index (χ3v) is 6.24. The van der Waals surface area contributed by atoms with Gasteiger partial charge in [-0.3, -0.25) is 14.4 Å². The summed E-state index contributed by atoms with van der Waals surface area (Å²) in [6.45, 7) is -0.0425. The molecule has 0 bridgehead atoms. The molecule has 0 saturated heterocycles. The molecule has 0 aliphatic rings. The Balaban J connectivity index is 1.61. The molecule has 8 nitrogen and oxygen atoms in total. The maximum atomic E-state index is 12.4. The second kappa shape index (κ2) is 10.7. The van der Waals surface area contributed by atoms with Gasteiger partial charge in [0.2, 0.25) is 0 Å². The van der Waals surface area contributed by atoms with Crippen molar-refractivity contribution in [3.63, 3.8) is 0 Å². The van der Waals surface area contributed by atoms with Crippen LogP contribution in [0.15, 0.2) is 106 Å². The van der Waals surface area contributed by atoms with E-state index in [1.165, 1.54) is 23.5 Å². The number of carbonyl (C=O) groups excluding carboxylic acids is 1. The van der Waals surface area contributed by atoms with Gasteiger partial charge in [0, 0.05) is 7.05 Å². The van der Waals surface area contributed by atoms with E-state index in [0.717, 1.165) is 16.7 Å². The molecule has 0 aliphatic carbocycles. The molecule has 1 aromatic heterocycles. The number of carbonyl (C=O) groups is 1. The molecule has 3 aromatic carbocycles. The molecular weight excluding hydrogens is 454 g/mol. The summed E-state index contributed by atoms with van der Waals surface area (Å²) in [4.78, 5) is 46.5. The quantitative estimate of drug-likeness (QED) is 0.229. The van der Waals surface area contributed by atoms with Crippen LogP contribution in [0.2, 0.25) is 0 Å². The summed E-state index contributed by atoms with van der Waals surface area (Å²) < 4.78 is 6.30. The summed E-state index contributed by atoms with van der Waals surface area (Å²) in [5.41, 5.74) is 0.568. The topological polar surface area (TPSA) is 92.4 Å². The van der Waals surface area contributed by atoms with Gasteiger partial charge in [-0.1, -0.05) is 108 Å². The average Bonchev–Trinajstić information content (AvgIpc) is 2.88. The molecule has 172 valence electrons. The van der Waals surface area contributed by atoms with E-state index in [1.54, 1.807) is 24.3 Å². The van der Waals surface area contributed by atoms with Crippen LogP contribution in [-0.2, 0) is 18.4 Å². The molecular formula is C25H21N3O5S. The Morgan fingerprint density at radius 2 is 1.41 bits per heavy atom. The van der Waals surface area contributed by atoms with Gasteiger partial charge in [-0.25, -0.2) is 9.48 Å². The molecule has 1 heterocycles. The highest BCUT2D eigenvalue weighted by atomic mass is 32.2. The van der Waals surface area contributed by atoms with Gasteiger partial charge in [-0.2, -0.15) is 4.98 Å². The molecule has 0 fully saturated rings. The number of thioether (sulfide) groups is 1. The Bertz CT molecular complexity index is 1330. The fourth-order valence-corrected chi connectivity index (χ4v) is 4.37. The normalized spacial score (nSPS) is 10.8. The Labute approximate surface area is 199 Å². The van der Waals surface area contributed by atoms with Crippen molar-refractivity contribution in [3.8, 4) is 0 Å². The predicted molar refractivity (Wildman–Crippen MR) is 128 cm³/mol. The van der Waals surface area contributed by atoms with Crippen LogP contribution < -0.4 is 16.0 Å². The lowest BCUT2D eigenvalue weighted by Gasteiger charge is -2.19. The van der Waals surface area contributed by atoms with Crippen LogP contribution in [-0.4, -0.2) is 20.7 Å². The first-order valence-corrected chi connectivity index (χ1v) is 11.3. The van der Waals surface area contributed by atoms with Crippen LogP contribution in [0.4, 0.5) is 4.79 Å². The molecule has 4 rings (SSSR count). The minimum atomic E-state index is -1.12. The molecule has 34 heavy (non-hydrogen) atoms. The minimum Gasteiger partial charge on any atom is -0.428 e. The van der Waals surface area contributed by atoms with E-state index < -0.39 is 17.3 Å². The van der Waals surface area contributed by atoms with Crippen molar-refractivity contribution >= 4 is 17.9 Å². The number of hydrogen-bond donors (Lipinski definition) is 0. The van der Waals surface area contributed by atoms with E-state index in [0.29, 0.717) is 4.85 Å². The average molecular weight is 476 g/mol. The van der Waals surface area contributed by atoms with Gasteiger partial charge in [0.15, 0.2) is 5.16 Å². The summed E-state index contributed by atoms with van der Waals surface area (Å²) >= 11 is 1.26. The summed E-state index contributed by atoms with van der Waals surface area (Å²) in [5.74, 6) is 0. The van der Waals surface area contributed by atoms with Crippen LogP contribution in [0.1, 0.15) is 21.9 Å². The zero-order valence-electron chi connectivity index (χ0n) is 18.2. The van der Waals surface area contributed by atoms with Crippen molar-refractivity contribution in [2.24, 2.45) is 7.05 Å². The lowest BCUT2D eigenvalue weighted by molar-refractivity contribution is 0.0130. The van der Waals surface area contributed by atoms with Crippen LogP contribution in [0.25, 0.3) is 0 Å². The highest BCUT2D eigenvalue weighted by molar-refractivity contribution is 7.99. The third kappa shape index (κ3) is 5.44. The molecule has 0 N–H and O–H groups in total. The first-order valence-electron chi connectivity index (χ1n) is 10.4. The first kappa shape index (κ1) is 23.1. The molecule has 4 aromatic rings. The number of nitrogens with zero attached hydrogens (tertiary/aromatic N) is 3. The van der Waals surface area contributed by atoms with Crippen LogP contribution in [0.3, 0.4) is 0 Å². The Hall–Kier alpha value is -4.11. The van der Waals surface area contributed by atoms with Gasteiger partial charge in [-0.15, -0.1) is 0 Å². The highest BCUT2D eigenvalue weighted by Crippen LogP contribution is 2.38. The van der Waals surface area contributed by atoms with Crippen molar-refractivity contribution in [3.05, 3.63) is 128 Å². The van der Waals surface area contributed by atoms with Crippen LogP contribution in [0, 0.1) is 0 Å². The van der Waals surface area contributed by atoms with Crippen molar-refractivity contribution in [2.75, 3.05) is 0 Å². The molecule has 0 amide bonds. The second-order valence-electron chi connectivity index (χ2n) is 7.24. The number of hydrogen-bond acceptors (Lipinski definition) is 7. The summed E-state index contributed by atoms with van der Waals surface area (Å²) in [6.07, 6.45) is -1.12. The van der Waals surface area contributed by atoms with Gasteiger partial charge >= 0.3 is 17.3 Å². The van der Waals surface area contributed by atoms with E-state index in [-0.39, 0.29) is 17.0 Å². The number of rotatable bonds is 7. The molecule has 0 saturated carbocycles. The van der Waals surface area contributed by atoms with Gasteiger partial charge in [0.1, 0.15) is 6.61 Å². The van der Waals surface area contributed by atoms with Crippen LogP contribution >= 0.6 is 11.8 Å². The second-order valence-corrected chi connectivity index (χ2v) is 8.31. The molecule has 0 spiro atoms. The summed E-state index contributed by atoms with van der Waals surface area (Å²) in [6, 6.07) is 28.4. The maximum absolute atomic E-state index is 12.4. The largest absolute Gasteiger partial charge is 0.535 e. The fourth-order valence-electron chi connectivity index (χ4n) is 3.21. The highest BCUT2D eigenvalue weighted by Gasteiger charge is 2.22. The Kier molecular flexibility index (Phi) is 7.24. The number of ether oxygens (including phenoxy) is 1. The van der Waals surface area contributed by atoms with E-state index in [9.17, 15) is 14.4 Å². The van der Waals surface area contributed by atoms with Crippen molar-refractivity contribution in [1.29, 1.82) is 0 Å². The van der Waals surface area contributed by atoms with E-state index in [2.05, 4.69) is 4.98 Å². The van der Waals surface area contributed by atoms with E-state index >= 15 is 0 Å². The predicted octanol–water partition coefficient (Wildman–Crippen LogP) is 3.59. The standard InChI is InChI=1S/C25H21N3O5S/c1-27-24(34-21(19-13-7-3-8-14-19)20-15-9-4-10-16-20)26-22(29)23(30)28(27)33-25(31)32-17-18-11-5-2-6-12-18/h2-16,21H,17H2,1H3. The minimum absolute atomic E-state index is 0.0425.